The van der Waals surface area contributed by atoms with Crippen LogP contribution in [0.4, 0.5) is 10.6 Å². The van der Waals surface area contributed by atoms with E-state index in [2.05, 4.69) is 10.4 Å². The molecule has 1 aliphatic heterocycles. The molecule has 3 amide bonds. The molecule has 3 rings (SSSR count). The SMILES string of the molecule is Cc1cc(NC(=O)C2CCN(C(=O)N(C)C)CC2)n(Cc2ccc(Cl)cc2)n1. The fourth-order valence-corrected chi connectivity index (χ4v) is 3.50. The maximum atomic E-state index is 12.8. The third-order valence-electron chi connectivity index (χ3n) is 4.92. The van der Waals surface area contributed by atoms with Crippen LogP contribution in [0.2, 0.25) is 5.02 Å². The van der Waals surface area contributed by atoms with Crippen molar-refractivity contribution in [2.24, 2.45) is 5.92 Å². The minimum Gasteiger partial charge on any atom is -0.331 e. The molecule has 0 unspecified atom stereocenters. The van der Waals surface area contributed by atoms with Crippen molar-refractivity contribution < 1.29 is 9.59 Å². The van der Waals surface area contributed by atoms with Crippen LogP contribution in [0.3, 0.4) is 0 Å². The van der Waals surface area contributed by atoms with Crippen LogP contribution in [-0.2, 0) is 11.3 Å². The number of rotatable bonds is 4. The van der Waals surface area contributed by atoms with E-state index in [0.29, 0.717) is 43.3 Å². The minimum atomic E-state index is -0.106. The highest BCUT2D eigenvalue weighted by Gasteiger charge is 2.28. The van der Waals surface area contributed by atoms with Gasteiger partial charge >= 0.3 is 6.03 Å². The van der Waals surface area contributed by atoms with Crippen LogP contribution in [0, 0.1) is 12.8 Å². The Morgan fingerprint density at radius 2 is 1.86 bits per heavy atom. The molecule has 8 heteroatoms. The number of hydrogen-bond acceptors (Lipinski definition) is 3. The van der Waals surface area contributed by atoms with E-state index in [1.165, 1.54) is 0 Å². The zero-order valence-electron chi connectivity index (χ0n) is 16.5. The van der Waals surface area contributed by atoms with E-state index in [1.807, 2.05) is 37.3 Å². The van der Waals surface area contributed by atoms with Gasteiger partial charge in [0.1, 0.15) is 5.82 Å². The van der Waals surface area contributed by atoms with Crippen LogP contribution in [0.25, 0.3) is 0 Å². The topological polar surface area (TPSA) is 70.5 Å². The predicted molar refractivity (Wildman–Crippen MR) is 110 cm³/mol. The summed E-state index contributed by atoms with van der Waals surface area (Å²) in [5, 5.41) is 8.20. The Labute approximate surface area is 170 Å². The number of carbonyl (C=O) groups excluding carboxylic acids is 2. The van der Waals surface area contributed by atoms with Gasteiger partial charge in [0.25, 0.3) is 0 Å². The summed E-state index contributed by atoms with van der Waals surface area (Å²) in [5.74, 6) is 0.559. The molecule has 0 radical (unpaired) electrons. The fraction of sp³-hybridized carbons (Fsp3) is 0.450. The quantitative estimate of drug-likeness (QED) is 0.851. The first-order valence-corrected chi connectivity index (χ1v) is 9.77. The number of likely N-dealkylation sites (tertiary alicyclic amines) is 1. The number of urea groups is 1. The van der Waals surface area contributed by atoms with Crippen molar-refractivity contribution in [1.82, 2.24) is 19.6 Å². The van der Waals surface area contributed by atoms with Gasteiger partial charge in [-0.1, -0.05) is 23.7 Å². The van der Waals surface area contributed by atoms with Gasteiger partial charge in [-0.15, -0.1) is 0 Å². The van der Waals surface area contributed by atoms with E-state index in [4.69, 9.17) is 11.6 Å². The molecule has 0 bridgehead atoms. The molecule has 0 saturated carbocycles. The van der Waals surface area contributed by atoms with Gasteiger partial charge < -0.3 is 15.1 Å². The number of piperidine rings is 1. The van der Waals surface area contributed by atoms with E-state index in [-0.39, 0.29) is 17.9 Å². The highest BCUT2D eigenvalue weighted by atomic mass is 35.5. The lowest BCUT2D eigenvalue weighted by Crippen LogP contribution is -2.45. The summed E-state index contributed by atoms with van der Waals surface area (Å²) < 4.78 is 1.79. The van der Waals surface area contributed by atoms with Crippen molar-refractivity contribution in [1.29, 1.82) is 0 Å². The van der Waals surface area contributed by atoms with Gasteiger partial charge in [-0.3, -0.25) is 4.79 Å². The second-order valence-corrected chi connectivity index (χ2v) is 7.82. The van der Waals surface area contributed by atoms with Crippen molar-refractivity contribution in [3.05, 3.63) is 46.6 Å². The average molecular weight is 404 g/mol. The van der Waals surface area contributed by atoms with E-state index < -0.39 is 0 Å². The number of aryl methyl sites for hydroxylation is 1. The number of aromatic nitrogens is 2. The first-order valence-electron chi connectivity index (χ1n) is 9.39. The molecule has 1 aromatic heterocycles. The monoisotopic (exact) mass is 403 g/mol. The second-order valence-electron chi connectivity index (χ2n) is 7.38. The number of nitrogens with zero attached hydrogens (tertiary/aromatic N) is 4. The van der Waals surface area contributed by atoms with E-state index in [0.717, 1.165) is 11.3 Å². The summed E-state index contributed by atoms with van der Waals surface area (Å²) >= 11 is 5.95. The van der Waals surface area contributed by atoms with Crippen molar-refractivity contribution in [3.63, 3.8) is 0 Å². The fourth-order valence-electron chi connectivity index (χ4n) is 3.37. The van der Waals surface area contributed by atoms with Gasteiger partial charge in [-0.2, -0.15) is 5.10 Å². The molecule has 0 atom stereocenters. The summed E-state index contributed by atoms with van der Waals surface area (Å²) in [5.41, 5.74) is 1.90. The first kappa shape index (κ1) is 20.2. The third kappa shape index (κ3) is 4.84. The molecule has 1 saturated heterocycles. The van der Waals surface area contributed by atoms with Crippen LogP contribution in [-0.4, -0.2) is 58.7 Å². The number of hydrogen-bond donors (Lipinski definition) is 1. The van der Waals surface area contributed by atoms with Gasteiger partial charge in [0, 0.05) is 44.2 Å². The molecular weight excluding hydrogens is 378 g/mol. The summed E-state index contributed by atoms with van der Waals surface area (Å²) in [7, 11) is 3.48. The minimum absolute atomic E-state index is 0.00414. The lowest BCUT2D eigenvalue weighted by atomic mass is 9.96. The molecule has 28 heavy (non-hydrogen) atoms. The third-order valence-corrected chi connectivity index (χ3v) is 5.17. The van der Waals surface area contributed by atoms with Gasteiger partial charge in [-0.05, 0) is 37.5 Å². The van der Waals surface area contributed by atoms with Crippen LogP contribution in [0.15, 0.2) is 30.3 Å². The highest BCUT2D eigenvalue weighted by Crippen LogP contribution is 2.21. The van der Waals surface area contributed by atoms with Crippen molar-refractivity contribution in [3.8, 4) is 0 Å². The molecule has 0 spiro atoms. The van der Waals surface area contributed by atoms with Crippen LogP contribution in [0.1, 0.15) is 24.1 Å². The number of anilines is 1. The highest BCUT2D eigenvalue weighted by molar-refractivity contribution is 6.30. The second kappa shape index (κ2) is 8.65. The maximum Gasteiger partial charge on any atom is 0.319 e. The molecule has 1 N–H and O–H groups in total. The van der Waals surface area contributed by atoms with Crippen LogP contribution < -0.4 is 5.32 Å². The molecule has 150 valence electrons. The van der Waals surface area contributed by atoms with Crippen LogP contribution >= 0.6 is 11.6 Å². The number of benzene rings is 1. The van der Waals surface area contributed by atoms with E-state index >= 15 is 0 Å². The van der Waals surface area contributed by atoms with Crippen molar-refractivity contribution >= 4 is 29.4 Å². The Balaban J connectivity index is 1.62. The number of nitrogens with one attached hydrogen (secondary N) is 1. The number of halogens is 1. The Morgan fingerprint density at radius 3 is 2.46 bits per heavy atom. The van der Waals surface area contributed by atoms with Crippen LogP contribution in [0.5, 0.6) is 0 Å². The molecule has 1 fully saturated rings. The van der Waals surface area contributed by atoms with E-state index in [1.54, 1.807) is 28.6 Å². The van der Waals surface area contributed by atoms with Gasteiger partial charge in [0.15, 0.2) is 0 Å². The van der Waals surface area contributed by atoms with Crippen molar-refractivity contribution in [2.75, 3.05) is 32.5 Å². The van der Waals surface area contributed by atoms with E-state index in [9.17, 15) is 9.59 Å². The van der Waals surface area contributed by atoms with Crippen molar-refractivity contribution in [2.45, 2.75) is 26.3 Å². The Morgan fingerprint density at radius 1 is 1.21 bits per heavy atom. The first-order chi connectivity index (χ1) is 13.3. The standard InChI is InChI=1S/C20H26ClN5O2/c1-14-12-18(26(23-14)13-15-4-6-17(21)7-5-15)22-19(27)16-8-10-25(11-9-16)20(28)24(2)3/h4-7,12,16H,8-11,13H2,1-3H3,(H,22,27). The van der Waals surface area contributed by atoms with Gasteiger partial charge in [-0.25, -0.2) is 9.48 Å². The zero-order chi connectivity index (χ0) is 20.3. The molecule has 2 aromatic rings. The molecule has 1 aliphatic rings. The summed E-state index contributed by atoms with van der Waals surface area (Å²) in [6, 6.07) is 9.45. The normalized spacial score (nSPS) is 14.8. The number of carbonyl (C=O) groups is 2. The molecule has 1 aromatic carbocycles. The zero-order valence-corrected chi connectivity index (χ0v) is 17.2. The van der Waals surface area contributed by atoms with Gasteiger partial charge in [0.2, 0.25) is 5.91 Å². The summed E-state index contributed by atoms with van der Waals surface area (Å²) in [4.78, 5) is 28.2. The maximum absolute atomic E-state index is 12.8. The van der Waals surface area contributed by atoms with Gasteiger partial charge in [0.05, 0.1) is 12.2 Å². The Hall–Kier alpha value is -2.54. The molecule has 0 aliphatic carbocycles. The molecule has 7 nitrogen and oxygen atoms in total. The molecule has 2 heterocycles. The Bertz CT molecular complexity index is 839. The Kier molecular flexibility index (Phi) is 6.24. The largest absolute Gasteiger partial charge is 0.331 e. The average Bonchev–Trinajstić information content (AvgIpc) is 3.01. The lowest BCUT2D eigenvalue weighted by Gasteiger charge is -2.33. The predicted octanol–water partition coefficient (Wildman–Crippen LogP) is 3.23. The summed E-state index contributed by atoms with van der Waals surface area (Å²) in [6.45, 7) is 3.64. The lowest BCUT2D eigenvalue weighted by molar-refractivity contribution is -0.121. The molecular formula is C20H26ClN5O2. The number of amides is 3. The summed E-state index contributed by atoms with van der Waals surface area (Å²) in [6.07, 6.45) is 1.32. The smallest absolute Gasteiger partial charge is 0.319 e.